The van der Waals surface area contributed by atoms with Gasteiger partial charge in [-0.05, 0) is 62.7 Å². The Balaban J connectivity index is 1.70. The van der Waals surface area contributed by atoms with Gasteiger partial charge in [0, 0.05) is 6.42 Å². The van der Waals surface area contributed by atoms with E-state index < -0.39 is 0 Å². The molecular weight excluding hydrogens is 346 g/mol. The maximum absolute atomic E-state index is 12.4. The van der Waals surface area contributed by atoms with E-state index in [4.69, 9.17) is 9.97 Å². The number of hydrogen-bond acceptors (Lipinski definition) is 3. The molecule has 1 aromatic carbocycles. The van der Waals surface area contributed by atoms with Gasteiger partial charge in [-0.2, -0.15) is 0 Å². The van der Waals surface area contributed by atoms with Crippen LogP contribution in [0.4, 0.5) is 5.82 Å². The Bertz CT molecular complexity index is 898. The number of nitrogens with zero attached hydrogens (tertiary/aromatic N) is 2. The predicted molar refractivity (Wildman–Crippen MR) is 115 cm³/mol. The molecular formula is C24H29N3O. The minimum absolute atomic E-state index is 0.0116. The van der Waals surface area contributed by atoms with E-state index in [1.807, 2.05) is 25.1 Å². The number of benzene rings is 1. The van der Waals surface area contributed by atoms with Crippen molar-refractivity contribution in [3.63, 3.8) is 0 Å². The molecule has 1 aromatic heterocycles. The lowest BCUT2D eigenvalue weighted by Crippen LogP contribution is -2.18. The zero-order valence-electron chi connectivity index (χ0n) is 17.1. The van der Waals surface area contributed by atoms with Crippen molar-refractivity contribution in [3.05, 3.63) is 70.7 Å². The zero-order chi connectivity index (χ0) is 19.9. The average molecular weight is 376 g/mol. The van der Waals surface area contributed by atoms with Crippen molar-refractivity contribution in [1.82, 2.24) is 9.97 Å². The van der Waals surface area contributed by atoms with E-state index >= 15 is 0 Å². The Morgan fingerprint density at radius 3 is 2.68 bits per heavy atom. The maximum Gasteiger partial charge on any atom is 0.225 e. The van der Waals surface area contributed by atoms with Crippen LogP contribution in [0.15, 0.2) is 48.1 Å². The Kier molecular flexibility index (Phi) is 6.75. The van der Waals surface area contributed by atoms with Crippen LogP contribution in [-0.2, 0) is 24.1 Å². The highest BCUT2D eigenvalue weighted by molar-refractivity contribution is 5.90. The molecule has 0 fully saturated rings. The number of carbonyl (C=O) groups is 1. The van der Waals surface area contributed by atoms with Gasteiger partial charge in [0.2, 0.25) is 5.91 Å². The van der Waals surface area contributed by atoms with Crippen LogP contribution in [-0.4, -0.2) is 15.9 Å². The fraction of sp³-hybridized carbons (Fsp3) is 0.375. The molecule has 4 nitrogen and oxygen atoms in total. The Hall–Kier alpha value is -2.75. The van der Waals surface area contributed by atoms with Crippen LogP contribution in [0.1, 0.15) is 62.7 Å². The van der Waals surface area contributed by atoms with E-state index in [0.29, 0.717) is 12.2 Å². The minimum atomic E-state index is 0.0116. The lowest BCUT2D eigenvalue weighted by atomic mass is 9.92. The lowest BCUT2D eigenvalue weighted by Gasteiger charge is -2.20. The quantitative estimate of drug-likeness (QED) is 0.715. The third kappa shape index (κ3) is 4.75. The molecule has 2 aromatic rings. The number of allylic oxidation sites excluding steroid dienone is 4. The second-order valence-electron chi connectivity index (χ2n) is 7.21. The van der Waals surface area contributed by atoms with Gasteiger partial charge in [-0.25, -0.2) is 9.97 Å². The smallest absolute Gasteiger partial charge is 0.225 e. The molecule has 0 spiro atoms. The van der Waals surface area contributed by atoms with Crippen molar-refractivity contribution in [2.45, 2.75) is 59.3 Å². The monoisotopic (exact) mass is 375 g/mol. The highest BCUT2D eigenvalue weighted by Crippen LogP contribution is 2.31. The van der Waals surface area contributed by atoms with Crippen LogP contribution in [0.25, 0.3) is 5.57 Å². The molecule has 0 unspecified atom stereocenters. The molecule has 1 aliphatic rings. The van der Waals surface area contributed by atoms with E-state index in [-0.39, 0.29) is 5.91 Å². The topological polar surface area (TPSA) is 54.9 Å². The fourth-order valence-electron chi connectivity index (χ4n) is 3.62. The summed E-state index contributed by atoms with van der Waals surface area (Å²) in [4.78, 5) is 22.1. The second kappa shape index (κ2) is 9.45. The van der Waals surface area contributed by atoms with Crippen LogP contribution in [0.2, 0.25) is 0 Å². The summed E-state index contributed by atoms with van der Waals surface area (Å²) in [7, 11) is 0. The highest BCUT2D eigenvalue weighted by atomic mass is 16.1. The first kappa shape index (κ1) is 20.0. The van der Waals surface area contributed by atoms with Crippen molar-refractivity contribution in [2.75, 3.05) is 5.32 Å². The van der Waals surface area contributed by atoms with E-state index in [0.717, 1.165) is 49.2 Å². The van der Waals surface area contributed by atoms with Crippen molar-refractivity contribution < 1.29 is 4.79 Å². The number of nitrogens with one attached hydrogen (secondary N) is 1. The van der Waals surface area contributed by atoms with E-state index in [1.165, 1.54) is 16.7 Å². The number of rotatable bonds is 7. The van der Waals surface area contributed by atoms with Crippen molar-refractivity contribution in [3.8, 4) is 0 Å². The number of aryl methyl sites for hydroxylation is 3. The summed E-state index contributed by atoms with van der Waals surface area (Å²) in [5.41, 5.74) is 6.61. The number of fused-ring (bicyclic) bond motifs is 1. The summed E-state index contributed by atoms with van der Waals surface area (Å²) in [5.74, 6) is 0.644. The van der Waals surface area contributed by atoms with Gasteiger partial charge < -0.3 is 5.32 Å². The lowest BCUT2D eigenvalue weighted by molar-refractivity contribution is -0.116. The molecule has 1 amide bonds. The van der Waals surface area contributed by atoms with Gasteiger partial charge in [0.05, 0.1) is 17.1 Å². The van der Waals surface area contributed by atoms with Gasteiger partial charge in [0.1, 0.15) is 0 Å². The van der Waals surface area contributed by atoms with Crippen LogP contribution in [0, 0.1) is 0 Å². The van der Waals surface area contributed by atoms with Crippen LogP contribution in [0.3, 0.4) is 0 Å². The van der Waals surface area contributed by atoms with E-state index in [1.54, 1.807) is 0 Å². The first-order chi connectivity index (χ1) is 13.6. The summed E-state index contributed by atoms with van der Waals surface area (Å²) in [6, 6.07) is 10.3. The normalized spacial score (nSPS) is 13.7. The minimum Gasteiger partial charge on any atom is -0.309 e. The Morgan fingerprint density at radius 1 is 1.18 bits per heavy atom. The predicted octanol–water partition coefficient (Wildman–Crippen LogP) is 5.30. The fourth-order valence-corrected chi connectivity index (χ4v) is 3.62. The summed E-state index contributed by atoms with van der Waals surface area (Å²) in [6.07, 6.45) is 9.02. The first-order valence-corrected chi connectivity index (χ1v) is 10.2. The molecule has 146 valence electrons. The van der Waals surface area contributed by atoms with Crippen LogP contribution >= 0.6 is 0 Å². The molecule has 0 bridgehead atoms. The maximum atomic E-state index is 12.4. The van der Waals surface area contributed by atoms with E-state index in [9.17, 15) is 4.79 Å². The van der Waals surface area contributed by atoms with Crippen LogP contribution in [0.5, 0.6) is 0 Å². The first-order valence-electron chi connectivity index (χ1n) is 10.2. The molecule has 1 N–H and O–H groups in total. The summed E-state index contributed by atoms with van der Waals surface area (Å²) < 4.78 is 0. The van der Waals surface area contributed by atoms with Gasteiger partial charge in [-0.15, -0.1) is 0 Å². The zero-order valence-corrected chi connectivity index (χ0v) is 17.1. The third-order valence-corrected chi connectivity index (χ3v) is 5.18. The van der Waals surface area contributed by atoms with Crippen molar-refractivity contribution in [2.24, 2.45) is 0 Å². The SMILES string of the molecule is C/C=C\C1=C(C)c2nc(CC)c(NC(=O)CCCc3ccccc3)nc2CC1. The number of aromatic nitrogens is 2. The highest BCUT2D eigenvalue weighted by Gasteiger charge is 2.20. The Labute approximate surface area is 167 Å². The van der Waals surface area contributed by atoms with Gasteiger partial charge in [0.25, 0.3) is 0 Å². The molecule has 4 heteroatoms. The Morgan fingerprint density at radius 2 is 1.96 bits per heavy atom. The molecule has 3 rings (SSSR count). The molecule has 0 atom stereocenters. The van der Waals surface area contributed by atoms with Gasteiger partial charge in [-0.1, -0.05) is 49.4 Å². The van der Waals surface area contributed by atoms with Crippen LogP contribution < -0.4 is 5.32 Å². The molecule has 0 saturated heterocycles. The molecule has 0 saturated carbocycles. The van der Waals surface area contributed by atoms with E-state index in [2.05, 4.69) is 43.4 Å². The molecule has 1 aliphatic carbocycles. The van der Waals surface area contributed by atoms with Crippen molar-refractivity contribution in [1.29, 1.82) is 0 Å². The molecule has 0 aliphatic heterocycles. The number of anilines is 1. The number of carbonyl (C=O) groups excluding carboxylic acids is 1. The van der Waals surface area contributed by atoms with Gasteiger partial charge in [0.15, 0.2) is 5.82 Å². The second-order valence-corrected chi connectivity index (χ2v) is 7.21. The average Bonchev–Trinajstić information content (AvgIpc) is 2.71. The third-order valence-electron chi connectivity index (χ3n) is 5.18. The number of amides is 1. The van der Waals surface area contributed by atoms with Gasteiger partial charge in [-0.3, -0.25) is 4.79 Å². The molecule has 0 radical (unpaired) electrons. The molecule has 28 heavy (non-hydrogen) atoms. The van der Waals surface area contributed by atoms with Gasteiger partial charge >= 0.3 is 0 Å². The summed E-state index contributed by atoms with van der Waals surface area (Å²) in [5, 5.41) is 3.01. The standard InChI is InChI=1S/C24H29N3O/c1-4-10-19-15-16-21-23(17(19)3)25-20(5-2)24(26-21)27-22(28)14-9-13-18-11-7-6-8-12-18/h4,6-8,10-12H,5,9,13-16H2,1-3H3,(H,26,27,28)/b10-4-. The van der Waals surface area contributed by atoms with Crippen molar-refractivity contribution >= 4 is 17.3 Å². The largest absolute Gasteiger partial charge is 0.309 e. The molecule has 1 heterocycles. The summed E-state index contributed by atoms with van der Waals surface area (Å²) >= 11 is 0. The number of hydrogen-bond donors (Lipinski definition) is 1. The summed E-state index contributed by atoms with van der Waals surface area (Å²) in [6.45, 7) is 6.20.